The zero-order valence-electron chi connectivity index (χ0n) is 17.0. The zero-order valence-corrected chi connectivity index (χ0v) is 18.6. The van der Waals surface area contributed by atoms with Crippen LogP contribution in [-0.4, -0.2) is 6.73 Å². The smallest absolute Gasteiger partial charge is 0.165 e. The zero-order chi connectivity index (χ0) is 19.7. The number of nitrogens with zero attached hydrogens (tertiary/aromatic N) is 1. The Balaban J connectivity index is 1.73. The molecule has 2 aliphatic rings. The largest absolute Gasteiger partial charge is 0.472 e. The third-order valence-electron chi connectivity index (χ3n) is 6.70. The first kappa shape index (κ1) is 18.1. The molecule has 2 nitrogen and oxygen atoms in total. The molecule has 0 radical (unpaired) electrons. The van der Waals surface area contributed by atoms with E-state index in [1.807, 2.05) is 0 Å². The van der Waals surface area contributed by atoms with Crippen molar-refractivity contribution in [2.45, 2.75) is 51.4 Å². The average molecular weight is 436 g/mol. The molecule has 28 heavy (non-hydrogen) atoms. The summed E-state index contributed by atoms with van der Waals surface area (Å²) >= 11 is 3.89. The fourth-order valence-corrected chi connectivity index (χ4v) is 5.38. The molecule has 3 heteroatoms. The SMILES string of the molecule is CC1(C)CCC(C)(C)c2cc(N3COc4cccc5cccc3c45)c(Br)cc21. The normalized spacial score (nSPS) is 19.2. The average Bonchev–Trinajstić information content (AvgIpc) is 2.66. The Kier molecular flexibility index (Phi) is 3.87. The predicted molar refractivity (Wildman–Crippen MR) is 121 cm³/mol. The Bertz CT molecular complexity index is 1090. The van der Waals surface area contributed by atoms with Crippen LogP contribution >= 0.6 is 15.9 Å². The summed E-state index contributed by atoms with van der Waals surface area (Å²) in [6, 6.07) is 17.5. The van der Waals surface area contributed by atoms with E-state index in [4.69, 9.17) is 4.74 Å². The van der Waals surface area contributed by atoms with Gasteiger partial charge in [0.1, 0.15) is 5.75 Å². The highest BCUT2D eigenvalue weighted by atomic mass is 79.9. The summed E-state index contributed by atoms with van der Waals surface area (Å²) in [5.74, 6) is 0.972. The van der Waals surface area contributed by atoms with E-state index < -0.39 is 0 Å². The van der Waals surface area contributed by atoms with Gasteiger partial charge in [0.25, 0.3) is 0 Å². The molecular weight excluding hydrogens is 410 g/mol. The molecule has 5 rings (SSSR count). The van der Waals surface area contributed by atoms with E-state index in [0.717, 1.165) is 10.2 Å². The van der Waals surface area contributed by atoms with Crippen molar-refractivity contribution in [1.82, 2.24) is 0 Å². The highest BCUT2D eigenvalue weighted by Gasteiger charge is 2.38. The van der Waals surface area contributed by atoms with Crippen LogP contribution in [0.2, 0.25) is 0 Å². The lowest BCUT2D eigenvalue weighted by atomic mass is 9.63. The minimum absolute atomic E-state index is 0.181. The topological polar surface area (TPSA) is 12.5 Å². The Labute approximate surface area is 175 Å². The second kappa shape index (κ2) is 6.00. The van der Waals surface area contributed by atoms with Gasteiger partial charge in [0.2, 0.25) is 0 Å². The van der Waals surface area contributed by atoms with Crippen molar-refractivity contribution >= 4 is 38.1 Å². The fraction of sp³-hybridized carbons (Fsp3) is 0.360. The van der Waals surface area contributed by atoms with Gasteiger partial charge in [-0.25, -0.2) is 0 Å². The predicted octanol–water partition coefficient (Wildman–Crippen LogP) is 7.44. The van der Waals surface area contributed by atoms with Crippen molar-refractivity contribution in [2.24, 2.45) is 0 Å². The number of ether oxygens (including phenoxy) is 1. The van der Waals surface area contributed by atoms with E-state index in [1.165, 1.54) is 46.1 Å². The second-order valence-electron chi connectivity index (χ2n) is 9.45. The van der Waals surface area contributed by atoms with E-state index in [-0.39, 0.29) is 10.8 Å². The third kappa shape index (κ3) is 2.59. The molecule has 1 aliphatic heterocycles. The second-order valence-corrected chi connectivity index (χ2v) is 10.3. The summed E-state index contributed by atoms with van der Waals surface area (Å²) < 4.78 is 7.30. The van der Waals surface area contributed by atoms with Gasteiger partial charge in [0.05, 0.1) is 11.4 Å². The molecule has 1 aliphatic carbocycles. The lowest BCUT2D eigenvalue weighted by molar-refractivity contribution is 0.322. The van der Waals surface area contributed by atoms with Crippen LogP contribution in [0.5, 0.6) is 5.75 Å². The number of rotatable bonds is 1. The highest BCUT2D eigenvalue weighted by Crippen LogP contribution is 2.50. The summed E-state index contributed by atoms with van der Waals surface area (Å²) in [5.41, 5.74) is 5.72. The van der Waals surface area contributed by atoms with Gasteiger partial charge < -0.3 is 9.64 Å². The molecule has 0 aromatic heterocycles. The molecule has 3 aromatic rings. The molecular formula is C25H26BrNO. The van der Waals surface area contributed by atoms with Gasteiger partial charge in [-0.1, -0.05) is 52.0 Å². The van der Waals surface area contributed by atoms with Crippen LogP contribution in [0.4, 0.5) is 11.4 Å². The van der Waals surface area contributed by atoms with Gasteiger partial charge in [-0.05, 0) is 80.4 Å². The number of hydrogen-bond donors (Lipinski definition) is 0. The van der Waals surface area contributed by atoms with Gasteiger partial charge in [-0.15, -0.1) is 0 Å². The van der Waals surface area contributed by atoms with Gasteiger partial charge in [0, 0.05) is 9.86 Å². The van der Waals surface area contributed by atoms with Gasteiger partial charge in [-0.3, -0.25) is 0 Å². The standard InChI is InChI=1S/C25H26BrNO/c1-24(2)11-12-25(3,4)18-14-21(19(26)13-17(18)24)27-15-28-22-10-6-8-16-7-5-9-20(27)23(16)22/h5-10,13-14H,11-12,15H2,1-4H3. The van der Waals surface area contributed by atoms with Crippen LogP contribution in [0.3, 0.4) is 0 Å². The molecule has 0 saturated heterocycles. The van der Waals surface area contributed by atoms with Gasteiger partial charge in [0.15, 0.2) is 6.73 Å². The van der Waals surface area contributed by atoms with Crippen LogP contribution in [0.1, 0.15) is 51.7 Å². The monoisotopic (exact) mass is 435 g/mol. The molecule has 0 atom stereocenters. The third-order valence-corrected chi connectivity index (χ3v) is 7.33. The van der Waals surface area contributed by atoms with Gasteiger partial charge in [-0.2, -0.15) is 0 Å². The molecule has 0 saturated carbocycles. The first-order valence-corrected chi connectivity index (χ1v) is 10.8. The van der Waals surface area contributed by atoms with Crippen molar-refractivity contribution in [3.8, 4) is 5.75 Å². The highest BCUT2D eigenvalue weighted by molar-refractivity contribution is 9.10. The molecule has 144 valence electrons. The minimum Gasteiger partial charge on any atom is -0.472 e. The van der Waals surface area contributed by atoms with E-state index >= 15 is 0 Å². The summed E-state index contributed by atoms with van der Waals surface area (Å²) in [6.07, 6.45) is 2.43. The van der Waals surface area contributed by atoms with E-state index in [9.17, 15) is 0 Å². The Morgan fingerprint density at radius 1 is 0.857 bits per heavy atom. The molecule has 0 unspecified atom stereocenters. The molecule has 3 aromatic carbocycles. The van der Waals surface area contributed by atoms with Crippen LogP contribution < -0.4 is 9.64 Å². The fourth-order valence-electron chi connectivity index (χ4n) is 4.82. The molecule has 1 heterocycles. The number of hydrogen-bond acceptors (Lipinski definition) is 2. The van der Waals surface area contributed by atoms with Crippen molar-refractivity contribution in [3.05, 3.63) is 64.1 Å². The Morgan fingerprint density at radius 3 is 2.21 bits per heavy atom. The van der Waals surface area contributed by atoms with E-state index in [2.05, 4.69) is 97.1 Å². The molecule has 0 amide bonds. The first-order chi connectivity index (χ1) is 13.3. The van der Waals surface area contributed by atoms with Crippen LogP contribution in [0.15, 0.2) is 53.0 Å². The number of anilines is 2. The molecule has 0 N–H and O–H groups in total. The van der Waals surface area contributed by atoms with Crippen molar-refractivity contribution in [3.63, 3.8) is 0 Å². The maximum Gasteiger partial charge on any atom is 0.165 e. The van der Waals surface area contributed by atoms with Crippen molar-refractivity contribution in [1.29, 1.82) is 0 Å². The maximum atomic E-state index is 6.16. The summed E-state index contributed by atoms with van der Waals surface area (Å²) in [4.78, 5) is 2.30. The lowest BCUT2D eigenvalue weighted by Gasteiger charge is -2.43. The Hall–Kier alpha value is -2.00. The maximum absolute atomic E-state index is 6.16. The number of halogens is 1. The summed E-state index contributed by atoms with van der Waals surface area (Å²) in [7, 11) is 0. The quantitative estimate of drug-likeness (QED) is 0.393. The number of benzene rings is 3. The summed E-state index contributed by atoms with van der Waals surface area (Å²) in [6.45, 7) is 10.0. The molecule has 0 spiro atoms. The van der Waals surface area contributed by atoms with Crippen molar-refractivity contribution in [2.75, 3.05) is 11.6 Å². The van der Waals surface area contributed by atoms with E-state index in [1.54, 1.807) is 0 Å². The van der Waals surface area contributed by atoms with Crippen molar-refractivity contribution < 1.29 is 4.74 Å². The molecule has 0 fully saturated rings. The first-order valence-electron chi connectivity index (χ1n) is 10.0. The minimum atomic E-state index is 0.181. The molecule has 0 bridgehead atoms. The van der Waals surface area contributed by atoms with Crippen LogP contribution in [0.25, 0.3) is 10.8 Å². The van der Waals surface area contributed by atoms with Crippen LogP contribution in [0, 0.1) is 0 Å². The van der Waals surface area contributed by atoms with Gasteiger partial charge >= 0.3 is 0 Å². The lowest BCUT2D eigenvalue weighted by Crippen LogP contribution is -2.34. The van der Waals surface area contributed by atoms with E-state index in [0.29, 0.717) is 6.73 Å². The number of fused-ring (bicyclic) bond motifs is 1. The van der Waals surface area contributed by atoms with Crippen LogP contribution in [-0.2, 0) is 10.8 Å². The summed E-state index contributed by atoms with van der Waals surface area (Å²) in [5, 5.41) is 2.41. The Morgan fingerprint density at radius 2 is 1.50 bits per heavy atom.